The molecule has 0 aromatic heterocycles. The number of aliphatic hydroxyl groups is 14. The van der Waals surface area contributed by atoms with E-state index in [1.165, 1.54) is 77.0 Å². The van der Waals surface area contributed by atoms with Gasteiger partial charge in [0.05, 0.1) is 101 Å². The Kier molecular flexibility index (Phi) is 54.4. The van der Waals surface area contributed by atoms with Gasteiger partial charge in [0.1, 0.15) is 79.9 Å². The highest BCUT2D eigenvalue weighted by atomic mass is 31.2. The summed E-state index contributed by atoms with van der Waals surface area (Å²) in [4.78, 5) is 143. The summed E-state index contributed by atoms with van der Waals surface area (Å²) in [5, 5.41) is 208. The zero-order valence-electron chi connectivity index (χ0n) is 77.0. The van der Waals surface area contributed by atoms with Crippen molar-refractivity contribution < 1.29 is 206 Å². The minimum atomic E-state index is -5.36. The van der Waals surface area contributed by atoms with Crippen LogP contribution < -0.4 is 21.3 Å². The molecule has 0 spiro atoms. The maximum absolute atomic E-state index is 14.0. The predicted molar refractivity (Wildman–Crippen MR) is 460 cm³/mol. The normalized spacial score (nSPS) is 28.1. The van der Waals surface area contributed by atoms with Crippen molar-refractivity contribution in [3.8, 4) is 0 Å². The molecule has 4 heterocycles. The third kappa shape index (κ3) is 39.2. The number of unbranched alkanes of at least 4 members (excludes halogenated alkanes) is 24. The molecule has 2 unspecified atom stereocenters. The van der Waals surface area contributed by atoms with Crippen molar-refractivity contribution in [1.29, 1.82) is 0 Å². The first-order valence-electron chi connectivity index (χ1n) is 46.2. The van der Waals surface area contributed by atoms with Crippen LogP contribution in [0.4, 0.5) is 0 Å². The molecule has 0 radical (unpaired) electrons. The van der Waals surface area contributed by atoms with Crippen LogP contribution in [-0.4, -0.2) is 391 Å². The zero-order chi connectivity index (χ0) is 99.4. The lowest BCUT2D eigenvalue weighted by Gasteiger charge is -2.49. The molecule has 0 aromatic rings. The molecular formula is C85H150N5O42P. The van der Waals surface area contributed by atoms with Crippen LogP contribution in [0.15, 0.2) is 0 Å². The molecule has 4 aliphatic rings. The molecule has 4 aliphatic heterocycles. The summed E-state index contributed by atoms with van der Waals surface area (Å²) in [5.41, 5.74) is 0. The Hall–Kier alpha value is -6.11. The van der Waals surface area contributed by atoms with Gasteiger partial charge in [-0.1, -0.05) is 168 Å². The van der Waals surface area contributed by atoms with E-state index in [4.69, 9.17) is 56.4 Å². The van der Waals surface area contributed by atoms with Crippen molar-refractivity contribution in [3.63, 3.8) is 0 Å². The smallest absolute Gasteiger partial charge is 0.472 e. The van der Waals surface area contributed by atoms with Gasteiger partial charge in [-0.15, -0.1) is 0 Å². The number of aliphatic carboxylic acids is 4. The Morgan fingerprint density at radius 3 is 0.955 bits per heavy atom. The van der Waals surface area contributed by atoms with E-state index < -0.39 is 323 Å². The van der Waals surface area contributed by atoms with Crippen molar-refractivity contribution >= 4 is 67.3 Å². The molecule has 48 heteroatoms. The molecule has 26 atom stereocenters. The fourth-order valence-corrected chi connectivity index (χ4v) is 17.2. The molecule has 0 aromatic carbocycles. The van der Waals surface area contributed by atoms with Gasteiger partial charge in [-0.3, -0.25) is 42.7 Å². The van der Waals surface area contributed by atoms with Crippen molar-refractivity contribution in [2.45, 2.75) is 398 Å². The quantitative estimate of drug-likeness (QED) is 0.0188. The molecule has 133 heavy (non-hydrogen) atoms. The number of carboxylic acid groups (broad SMARTS) is 4. The van der Waals surface area contributed by atoms with Gasteiger partial charge in [0.15, 0.2) is 6.10 Å². The van der Waals surface area contributed by atoms with E-state index in [1.54, 1.807) is 0 Å². The number of carbonyl (C=O) groups excluding carboxylic acids is 6. The number of aliphatic hydroxyl groups excluding tert-OH is 14. The van der Waals surface area contributed by atoms with E-state index >= 15 is 0 Å². The van der Waals surface area contributed by atoms with Crippen molar-refractivity contribution in [1.82, 2.24) is 26.2 Å². The third-order valence-corrected chi connectivity index (χ3v) is 24.6. The van der Waals surface area contributed by atoms with E-state index in [-0.39, 0.29) is 12.8 Å². The number of rotatable bonds is 70. The lowest BCUT2D eigenvalue weighted by Crippen LogP contribution is -2.70. The molecule has 0 bridgehead atoms. The number of hydrogen-bond donors (Lipinski definition) is 23. The number of ether oxygens (including phenoxy) is 10. The Labute approximate surface area is 773 Å². The van der Waals surface area contributed by atoms with Crippen LogP contribution in [-0.2, 0) is 109 Å². The van der Waals surface area contributed by atoms with Gasteiger partial charge in [0.2, 0.25) is 23.6 Å². The number of phosphoric ester groups is 1. The lowest BCUT2D eigenvalue weighted by atomic mass is 9.87. The summed E-state index contributed by atoms with van der Waals surface area (Å²) in [6.45, 7) is -3.87. The lowest BCUT2D eigenvalue weighted by molar-refractivity contribution is -0.346. The summed E-state index contributed by atoms with van der Waals surface area (Å²) in [6.07, 6.45) is -16.2. The van der Waals surface area contributed by atoms with Crippen LogP contribution in [0, 0.1) is 0 Å². The minimum Gasteiger partial charge on any atom is -0.477 e. The molecular weight excluding hydrogens is 1790 g/mol. The van der Waals surface area contributed by atoms with Crippen LogP contribution >= 0.6 is 7.82 Å². The summed E-state index contributed by atoms with van der Waals surface area (Å²) >= 11 is 0. The van der Waals surface area contributed by atoms with Crippen LogP contribution in [0.1, 0.15) is 247 Å². The summed E-state index contributed by atoms with van der Waals surface area (Å²) in [6, 6.07) is -7.40. The molecule has 23 N–H and O–H groups in total. The van der Waals surface area contributed by atoms with Gasteiger partial charge in [0.25, 0.3) is 23.1 Å². The first kappa shape index (κ1) is 119. The van der Waals surface area contributed by atoms with Gasteiger partial charge in [-0.05, 0) is 12.8 Å². The number of nitrogens with one attached hydrogen (secondary N) is 4. The average molecular weight is 1950 g/mol. The molecule has 47 nitrogen and oxygen atoms in total. The monoisotopic (exact) mass is 1940 g/mol. The fourth-order valence-electron chi connectivity index (χ4n) is 16.4. The maximum atomic E-state index is 14.0. The van der Waals surface area contributed by atoms with E-state index in [1.807, 2.05) is 0 Å². The number of hydrogen-bond acceptors (Lipinski definition) is 38. The highest BCUT2D eigenvalue weighted by Gasteiger charge is 2.63. The molecule has 4 rings (SSSR count). The second-order valence-corrected chi connectivity index (χ2v) is 36.1. The Morgan fingerprint density at radius 1 is 0.383 bits per heavy atom. The highest BCUT2D eigenvalue weighted by Crippen LogP contribution is 2.45. The molecule has 4 fully saturated rings. The van der Waals surface area contributed by atoms with E-state index in [0.717, 1.165) is 103 Å². The van der Waals surface area contributed by atoms with E-state index in [2.05, 4.69) is 35.1 Å². The zero-order valence-corrected chi connectivity index (χ0v) is 77.9. The number of carbonyl (C=O) groups is 10. The standard InChI is InChI=1S/C85H150N5O42P/c1-7-9-11-13-15-17-19-21-23-25-27-29-31-33-64(105)121-49-55(126-65(106)34-32-30-28-26-24-22-20-18-16-14-12-10-8-2)50-125-133(119,120)124-40-37-90(35-38-122-82(78(111)112)41-56(99)68(88-53(5)97)76(129-82)72(109)62(47-93)127-84(80(115)116)43-58(101)66(86-51(3)95)74(131-84)70(107)60(103)45-91)36-39-123-83(79(113)114)42-57(100)69(89-54(6)98)77(130-83)73(110)63(48-94)128-85(81(117)118)44-59(102)67(87-52(4)96)75(132-85)71(108)61(104)46-92/h55-63,66-77,91-94,99-104,107-110H,7-50H2,1-6H3,(H,86,95)(H,87,96)(H,88,97)(H,89,98)(H,111,112)(H,113,114)(H,115,116)(H,117,118)(H,119,120)/t55?,56-,57-,58-,59-,60+,61+,62+,63+,66+,67+,68+,69+,70+,71+,72+,73+,74+,75+,76+,77+,82+,83+,84+,85+/m0/s1. The maximum Gasteiger partial charge on any atom is 0.472 e. The first-order valence-corrected chi connectivity index (χ1v) is 47.7. The number of carboxylic acids is 4. The van der Waals surface area contributed by atoms with Crippen molar-refractivity contribution in [2.24, 2.45) is 0 Å². The van der Waals surface area contributed by atoms with E-state index in [0.29, 0.717) is 19.3 Å². The second-order valence-electron chi connectivity index (χ2n) is 34.6. The molecule has 0 aliphatic carbocycles. The number of nitrogens with zero attached hydrogens (tertiary/aromatic N) is 1. The van der Waals surface area contributed by atoms with Crippen LogP contribution in [0.25, 0.3) is 0 Å². The largest absolute Gasteiger partial charge is 0.477 e. The van der Waals surface area contributed by atoms with Crippen molar-refractivity contribution in [2.75, 3.05) is 79.1 Å². The summed E-state index contributed by atoms with van der Waals surface area (Å²) in [7, 11) is -5.36. The van der Waals surface area contributed by atoms with Crippen LogP contribution in [0.3, 0.4) is 0 Å². The van der Waals surface area contributed by atoms with Gasteiger partial charge in [-0.2, -0.15) is 0 Å². The van der Waals surface area contributed by atoms with Crippen molar-refractivity contribution in [3.05, 3.63) is 0 Å². The highest BCUT2D eigenvalue weighted by molar-refractivity contribution is 7.47. The van der Waals surface area contributed by atoms with Crippen LogP contribution in [0.5, 0.6) is 0 Å². The molecule has 772 valence electrons. The number of esters is 2. The molecule has 4 saturated heterocycles. The third-order valence-electron chi connectivity index (χ3n) is 23.7. The van der Waals surface area contributed by atoms with Gasteiger partial charge < -0.3 is 165 Å². The van der Waals surface area contributed by atoms with E-state index in [9.17, 15) is 149 Å². The Balaban J connectivity index is 1.72. The minimum absolute atomic E-state index is 0.000948. The first-order chi connectivity index (χ1) is 62.9. The number of phosphoric acid groups is 1. The average Bonchev–Trinajstić information content (AvgIpc) is 0.743. The Bertz CT molecular complexity index is 3380. The van der Waals surface area contributed by atoms with Gasteiger partial charge in [0, 0.05) is 85.9 Å². The number of amides is 4. The summed E-state index contributed by atoms with van der Waals surface area (Å²) < 4.78 is 82.3. The molecule has 0 saturated carbocycles. The molecule has 4 amide bonds. The van der Waals surface area contributed by atoms with Gasteiger partial charge >= 0.3 is 43.6 Å². The van der Waals surface area contributed by atoms with Crippen LogP contribution in [0.2, 0.25) is 0 Å². The summed E-state index contributed by atoms with van der Waals surface area (Å²) in [5.74, 6) is -26.8. The second kappa shape index (κ2) is 60.7. The predicted octanol–water partition coefficient (Wildman–Crippen LogP) is -1.48. The fraction of sp³-hybridized carbons (Fsp3) is 0.882. The SMILES string of the molecule is CCCCCCCCCCCCCCCC(=O)OCC(COP(=O)(O)OCCN(CCO[C@]1(C(=O)O)C[C@H](O)[C@@H](NC(C)=O)[C@H]([C@H](O)[C@@H](CO)O[C@]2(C(=O)O)C[C@H](O)[C@@H](NC(C)=O)[C@H]([C@H](O)[C@H](O)CO)O2)O1)CCO[C@]1(C(=O)O)C[C@H](O)[C@@H](NC(C)=O)[C@H]([C@H](O)[C@@H](CO)O[C@]2(C(=O)O)C[C@H](O)[C@@H](NC(C)=O)[C@H]([C@H](O)[C@H](O)CO)O2)O1)OC(=O)CCCCCCCCCCCCCCC. The van der Waals surface area contributed by atoms with Gasteiger partial charge in [-0.25, -0.2) is 23.7 Å². The topological polar surface area (TPSA) is 734 Å². The Morgan fingerprint density at radius 2 is 0.662 bits per heavy atom.